The summed E-state index contributed by atoms with van der Waals surface area (Å²) in [6, 6.07) is 11.7. The Morgan fingerprint density at radius 1 is 1.04 bits per heavy atom. The number of carbonyl (C=O) groups is 1. The Hall–Kier alpha value is -2.49. The Balaban J connectivity index is 1.82. The Morgan fingerprint density at radius 3 is 2.29 bits per heavy atom. The molecule has 2 aromatic carbocycles. The largest absolute Gasteiger partial charge is 0.493 e. The predicted octanol–water partition coefficient (Wildman–Crippen LogP) is 4.42. The van der Waals surface area contributed by atoms with Gasteiger partial charge in [0.2, 0.25) is 5.91 Å². The quantitative estimate of drug-likeness (QED) is 0.766. The molecule has 2 aromatic rings. The number of hydrogen-bond acceptors (Lipinski definition) is 3. The molecule has 0 aromatic heterocycles. The van der Waals surface area contributed by atoms with Gasteiger partial charge in [0, 0.05) is 12.1 Å². The zero-order valence-corrected chi connectivity index (χ0v) is 14.8. The molecule has 0 radical (unpaired) electrons. The molecule has 0 aliphatic heterocycles. The van der Waals surface area contributed by atoms with Crippen LogP contribution in [0.5, 0.6) is 11.5 Å². The number of methoxy groups -OCH3 is 1. The first-order valence-corrected chi connectivity index (χ1v) is 8.14. The van der Waals surface area contributed by atoms with Crippen LogP contribution in [0.1, 0.15) is 29.5 Å². The molecule has 1 N–H and O–H groups in total. The van der Waals surface area contributed by atoms with E-state index >= 15 is 0 Å². The van der Waals surface area contributed by atoms with Gasteiger partial charge in [-0.05, 0) is 50.5 Å². The second-order valence-corrected chi connectivity index (χ2v) is 5.92. The lowest BCUT2D eigenvalue weighted by molar-refractivity contribution is -0.116. The van der Waals surface area contributed by atoms with Gasteiger partial charge in [-0.2, -0.15) is 0 Å². The molecule has 4 heteroatoms. The van der Waals surface area contributed by atoms with Crippen LogP contribution in [-0.4, -0.2) is 19.6 Å². The smallest absolute Gasteiger partial charge is 0.224 e. The molecule has 0 heterocycles. The number of nitrogens with one attached hydrogen (secondary N) is 1. The lowest BCUT2D eigenvalue weighted by atomic mass is 10.0. The fraction of sp³-hybridized carbons (Fsp3) is 0.350. The summed E-state index contributed by atoms with van der Waals surface area (Å²) in [6.45, 7) is 6.56. The first kappa shape index (κ1) is 17.9. The number of amides is 1. The Morgan fingerprint density at radius 2 is 1.67 bits per heavy atom. The van der Waals surface area contributed by atoms with Crippen molar-refractivity contribution in [1.82, 2.24) is 0 Å². The minimum absolute atomic E-state index is 0.00804. The molecule has 0 bridgehead atoms. The molecular formula is C20H25NO3. The molecule has 2 rings (SSSR count). The van der Waals surface area contributed by atoms with Gasteiger partial charge in [0.25, 0.3) is 0 Å². The molecule has 1 amide bonds. The third-order valence-corrected chi connectivity index (χ3v) is 3.82. The summed E-state index contributed by atoms with van der Waals surface area (Å²) in [5.41, 5.74) is 4.29. The predicted molar refractivity (Wildman–Crippen MR) is 97.0 cm³/mol. The van der Waals surface area contributed by atoms with Crippen molar-refractivity contribution in [3.8, 4) is 11.5 Å². The van der Waals surface area contributed by atoms with Gasteiger partial charge in [-0.1, -0.05) is 29.8 Å². The summed E-state index contributed by atoms with van der Waals surface area (Å²) in [4.78, 5) is 12.1. The number of carbonyl (C=O) groups excluding carboxylic acids is 1. The van der Waals surface area contributed by atoms with Gasteiger partial charge in [0.1, 0.15) is 0 Å². The lowest BCUT2D eigenvalue weighted by Crippen LogP contribution is -2.14. The van der Waals surface area contributed by atoms with Crippen molar-refractivity contribution in [2.24, 2.45) is 0 Å². The molecule has 0 fully saturated rings. The van der Waals surface area contributed by atoms with Crippen LogP contribution in [0.3, 0.4) is 0 Å². The van der Waals surface area contributed by atoms with Crippen LogP contribution in [-0.2, 0) is 4.79 Å². The molecule has 0 saturated carbocycles. The average Bonchev–Trinajstić information content (AvgIpc) is 2.55. The highest BCUT2D eigenvalue weighted by Crippen LogP contribution is 2.26. The summed E-state index contributed by atoms with van der Waals surface area (Å²) in [5, 5.41) is 3.01. The van der Waals surface area contributed by atoms with Gasteiger partial charge in [0.05, 0.1) is 13.7 Å². The number of hydrogen-bond donors (Lipinski definition) is 1. The number of aryl methyl sites for hydroxylation is 3. The standard InChI is InChI=1S/C20H25NO3/c1-14-12-15(2)20(16(3)13-14)21-19(22)10-7-11-24-18-9-6-5-8-17(18)23-4/h5-6,8-9,12-13H,7,10-11H2,1-4H3,(H,21,22). The highest BCUT2D eigenvalue weighted by molar-refractivity contribution is 5.92. The Labute approximate surface area is 143 Å². The van der Waals surface area contributed by atoms with Crippen molar-refractivity contribution in [2.45, 2.75) is 33.6 Å². The minimum Gasteiger partial charge on any atom is -0.493 e. The molecule has 0 aliphatic carbocycles. The summed E-state index contributed by atoms with van der Waals surface area (Å²) < 4.78 is 10.9. The molecule has 4 nitrogen and oxygen atoms in total. The van der Waals surface area contributed by atoms with Crippen LogP contribution < -0.4 is 14.8 Å². The van der Waals surface area contributed by atoms with Crippen molar-refractivity contribution in [3.05, 3.63) is 53.1 Å². The summed E-state index contributed by atoms with van der Waals surface area (Å²) in [6.07, 6.45) is 1.07. The lowest BCUT2D eigenvalue weighted by Gasteiger charge is -2.13. The van der Waals surface area contributed by atoms with Crippen LogP contribution >= 0.6 is 0 Å². The van der Waals surface area contributed by atoms with Gasteiger partial charge in [0.15, 0.2) is 11.5 Å². The van der Waals surface area contributed by atoms with E-state index in [1.54, 1.807) is 7.11 Å². The Bertz CT molecular complexity index is 687. The van der Waals surface area contributed by atoms with Gasteiger partial charge in [-0.25, -0.2) is 0 Å². The van der Waals surface area contributed by atoms with E-state index in [0.29, 0.717) is 30.9 Å². The normalized spacial score (nSPS) is 10.3. The molecule has 0 spiro atoms. The zero-order chi connectivity index (χ0) is 17.5. The maximum atomic E-state index is 12.1. The van der Waals surface area contributed by atoms with E-state index in [2.05, 4.69) is 24.4 Å². The summed E-state index contributed by atoms with van der Waals surface area (Å²) in [5.74, 6) is 1.41. The summed E-state index contributed by atoms with van der Waals surface area (Å²) in [7, 11) is 1.61. The number of rotatable bonds is 7. The number of benzene rings is 2. The van der Waals surface area contributed by atoms with Crippen molar-refractivity contribution in [1.29, 1.82) is 0 Å². The first-order chi connectivity index (χ1) is 11.5. The van der Waals surface area contributed by atoms with E-state index in [1.807, 2.05) is 38.1 Å². The van der Waals surface area contributed by atoms with E-state index in [1.165, 1.54) is 5.56 Å². The second-order valence-electron chi connectivity index (χ2n) is 5.92. The van der Waals surface area contributed by atoms with Crippen molar-refractivity contribution in [2.75, 3.05) is 19.0 Å². The van der Waals surface area contributed by atoms with Crippen LogP contribution in [0.15, 0.2) is 36.4 Å². The average molecular weight is 327 g/mol. The van der Waals surface area contributed by atoms with E-state index in [9.17, 15) is 4.79 Å². The number of ether oxygens (including phenoxy) is 2. The fourth-order valence-electron chi connectivity index (χ4n) is 2.73. The van der Waals surface area contributed by atoms with Crippen LogP contribution in [0.4, 0.5) is 5.69 Å². The molecule has 0 unspecified atom stereocenters. The molecule has 0 atom stereocenters. The second kappa shape index (κ2) is 8.39. The van der Waals surface area contributed by atoms with Gasteiger partial charge < -0.3 is 14.8 Å². The van der Waals surface area contributed by atoms with E-state index < -0.39 is 0 Å². The Kier molecular flexibility index (Phi) is 6.24. The monoisotopic (exact) mass is 327 g/mol. The number of para-hydroxylation sites is 2. The van der Waals surface area contributed by atoms with E-state index in [-0.39, 0.29) is 5.91 Å². The fourth-order valence-corrected chi connectivity index (χ4v) is 2.73. The third-order valence-electron chi connectivity index (χ3n) is 3.82. The molecule has 0 aliphatic rings. The molecule has 24 heavy (non-hydrogen) atoms. The highest BCUT2D eigenvalue weighted by Gasteiger charge is 2.09. The SMILES string of the molecule is COc1ccccc1OCCCC(=O)Nc1c(C)cc(C)cc1C. The van der Waals surface area contributed by atoms with Crippen molar-refractivity contribution in [3.63, 3.8) is 0 Å². The molecule has 128 valence electrons. The van der Waals surface area contributed by atoms with Gasteiger partial charge >= 0.3 is 0 Å². The third kappa shape index (κ3) is 4.75. The minimum atomic E-state index is 0.00804. The zero-order valence-electron chi connectivity index (χ0n) is 14.8. The van der Waals surface area contributed by atoms with Crippen molar-refractivity contribution < 1.29 is 14.3 Å². The van der Waals surface area contributed by atoms with Crippen LogP contribution in [0.25, 0.3) is 0 Å². The maximum absolute atomic E-state index is 12.1. The topological polar surface area (TPSA) is 47.6 Å². The molecule has 0 saturated heterocycles. The first-order valence-electron chi connectivity index (χ1n) is 8.14. The van der Waals surface area contributed by atoms with E-state index in [0.717, 1.165) is 16.8 Å². The van der Waals surface area contributed by atoms with Crippen LogP contribution in [0.2, 0.25) is 0 Å². The van der Waals surface area contributed by atoms with Crippen molar-refractivity contribution >= 4 is 11.6 Å². The number of anilines is 1. The highest BCUT2D eigenvalue weighted by atomic mass is 16.5. The molecular weight excluding hydrogens is 302 g/mol. The maximum Gasteiger partial charge on any atom is 0.224 e. The van der Waals surface area contributed by atoms with Crippen LogP contribution in [0, 0.1) is 20.8 Å². The summed E-state index contributed by atoms with van der Waals surface area (Å²) >= 11 is 0. The van der Waals surface area contributed by atoms with Gasteiger partial charge in [-0.3, -0.25) is 4.79 Å². The van der Waals surface area contributed by atoms with Gasteiger partial charge in [-0.15, -0.1) is 0 Å². The van der Waals surface area contributed by atoms with E-state index in [4.69, 9.17) is 9.47 Å².